The normalized spacial score (nSPS) is 22.7. The standard InChI is InChI=1S/C22H20F3N5O3/c1-20(2)12-21(8-14(9-26)18(20)31)13-29(6-7-33-21)19(32)16-11-30(15-4-3-5-27-10-15)28-17(16)22(23,24)25/h3-5,8,10-11H,6-7,12-13H2,1-2H3. The van der Waals surface area contributed by atoms with E-state index < -0.39 is 34.4 Å². The van der Waals surface area contributed by atoms with Gasteiger partial charge in [-0.15, -0.1) is 0 Å². The summed E-state index contributed by atoms with van der Waals surface area (Å²) in [4.78, 5) is 30.9. The molecular formula is C22H20F3N5O3. The van der Waals surface area contributed by atoms with Crippen molar-refractivity contribution in [3.05, 3.63) is 53.6 Å². The van der Waals surface area contributed by atoms with E-state index in [2.05, 4.69) is 10.1 Å². The highest BCUT2D eigenvalue weighted by atomic mass is 19.4. The maximum atomic E-state index is 13.7. The van der Waals surface area contributed by atoms with E-state index in [4.69, 9.17) is 4.74 Å². The third-order valence-electron chi connectivity index (χ3n) is 5.75. The first-order chi connectivity index (χ1) is 15.5. The van der Waals surface area contributed by atoms with Crippen molar-refractivity contribution in [1.29, 1.82) is 5.26 Å². The first kappa shape index (κ1) is 22.7. The molecule has 1 fully saturated rings. The summed E-state index contributed by atoms with van der Waals surface area (Å²) >= 11 is 0. The van der Waals surface area contributed by atoms with Crippen LogP contribution in [0.5, 0.6) is 0 Å². The minimum absolute atomic E-state index is 0.0450. The first-order valence-corrected chi connectivity index (χ1v) is 10.1. The van der Waals surface area contributed by atoms with Gasteiger partial charge < -0.3 is 9.64 Å². The zero-order valence-corrected chi connectivity index (χ0v) is 17.9. The van der Waals surface area contributed by atoms with Crippen molar-refractivity contribution >= 4 is 11.7 Å². The molecule has 1 spiro atoms. The van der Waals surface area contributed by atoms with Gasteiger partial charge in [-0.05, 0) is 24.6 Å². The van der Waals surface area contributed by atoms with E-state index in [1.807, 2.05) is 6.07 Å². The lowest BCUT2D eigenvalue weighted by atomic mass is 9.69. The van der Waals surface area contributed by atoms with E-state index in [1.165, 1.54) is 29.4 Å². The molecule has 11 heteroatoms. The molecule has 0 radical (unpaired) electrons. The average molecular weight is 459 g/mol. The number of hydrogen-bond acceptors (Lipinski definition) is 6. The van der Waals surface area contributed by atoms with Crippen LogP contribution < -0.4 is 0 Å². The molecule has 0 aromatic carbocycles. The molecule has 4 rings (SSSR count). The van der Waals surface area contributed by atoms with Gasteiger partial charge in [0.25, 0.3) is 5.91 Å². The smallest absolute Gasteiger partial charge is 0.367 e. The molecule has 172 valence electrons. The van der Waals surface area contributed by atoms with Gasteiger partial charge in [-0.25, -0.2) is 4.68 Å². The number of carbonyl (C=O) groups is 2. The zero-order valence-electron chi connectivity index (χ0n) is 17.9. The van der Waals surface area contributed by atoms with Crippen molar-refractivity contribution < 1.29 is 27.5 Å². The number of amides is 1. The highest BCUT2D eigenvalue weighted by molar-refractivity contribution is 6.04. The number of morpholine rings is 1. The van der Waals surface area contributed by atoms with E-state index in [1.54, 1.807) is 19.9 Å². The molecule has 2 aromatic heterocycles. The van der Waals surface area contributed by atoms with Crippen LogP contribution in [0.25, 0.3) is 5.69 Å². The van der Waals surface area contributed by atoms with Crippen LogP contribution in [0.2, 0.25) is 0 Å². The molecule has 0 saturated carbocycles. The molecule has 0 bridgehead atoms. The van der Waals surface area contributed by atoms with Gasteiger partial charge in [0, 0.05) is 24.4 Å². The van der Waals surface area contributed by atoms with Crippen LogP contribution in [-0.4, -0.2) is 56.7 Å². The Bertz CT molecular complexity index is 1180. The summed E-state index contributed by atoms with van der Waals surface area (Å²) in [5.41, 5.74) is -3.78. The lowest BCUT2D eigenvalue weighted by Gasteiger charge is -2.46. The van der Waals surface area contributed by atoms with Crippen molar-refractivity contribution in [2.24, 2.45) is 5.41 Å². The van der Waals surface area contributed by atoms with Crippen molar-refractivity contribution in [3.8, 4) is 11.8 Å². The van der Waals surface area contributed by atoms with Gasteiger partial charge in [0.15, 0.2) is 11.5 Å². The number of nitrogens with zero attached hydrogens (tertiary/aromatic N) is 5. The fraction of sp³-hybridized carbons (Fsp3) is 0.409. The third-order valence-corrected chi connectivity index (χ3v) is 5.75. The number of Topliss-reactive ketones (excluding diaryl/α,β-unsaturated/α-hetero) is 1. The predicted octanol–water partition coefficient (Wildman–Crippen LogP) is 2.95. The second kappa shape index (κ2) is 7.81. The summed E-state index contributed by atoms with van der Waals surface area (Å²) in [6.45, 7) is 3.35. The Morgan fingerprint density at radius 3 is 2.73 bits per heavy atom. The van der Waals surface area contributed by atoms with Crippen LogP contribution in [0.4, 0.5) is 13.2 Å². The molecule has 1 aliphatic carbocycles. The summed E-state index contributed by atoms with van der Waals surface area (Å²) in [6.07, 6.45) is 0.570. The summed E-state index contributed by atoms with van der Waals surface area (Å²) < 4.78 is 48.0. The highest BCUT2D eigenvalue weighted by Crippen LogP contribution is 2.41. The number of rotatable bonds is 2. The number of aromatic nitrogens is 3. The maximum Gasteiger partial charge on any atom is 0.435 e. The Hall–Kier alpha value is -3.52. The van der Waals surface area contributed by atoms with Gasteiger partial charge in [-0.2, -0.15) is 23.5 Å². The molecule has 3 heterocycles. The molecule has 2 aliphatic rings. The fourth-order valence-electron chi connectivity index (χ4n) is 4.36. The molecule has 1 amide bonds. The Morgan fingerprint density at radius 1 is 1.33 bits per heavy atom. The second-order valence-electron chi connectivity index (χ2n) is 8.74. The minimum atomic E-state index is -4.85. The van der Waals surface area contributed by atoms with Gasteiger partial charge in [0.2, 0.25) is 0 Å². The monoisotopic (exact) mass is 459 g/mol. The van der Waals surface area contributed by atoms with E-state index >= 15 is 0 Å². The number of halogens is 3. The number of carbonyl (C=O) groups excluding carboxylic acids is 2. The molecule has 1 atom stereocenters. The van der Waals surface area contributed by atoms with Gasteiger partial charge in [-0.3, -0.25) is 14.6 Å². The van der Waals surface area contributed by atoms with Crippen LogP contribution in [0.3, 0.4) is 0 Å². The molecule has 1 saturated heterocycles. The quantitative estimate of drug-likeness (QED) is 0.685. The van der Waals surface area contributed by atoms with Crippen LogP contribution in [0, 0.1) is 16.7 Å². The lowest BCUT2D eigenvalue weighted by Crippen LogP contribution is -2.57. The van der Waals surface area contributed by atoms with E-state index in [0.29, 0.717) is 0 Å². The zero-order chi connectivity index (χ0) is 24.0. The summed E-state index contributed by atoms with van der Waals surface area (Å²) in [5, 5.41) is 13.0. The largest absolute Gasteiger partial charge is 0.435 e. The van der Waals surface area contributed by atoms with E-state index in [9.17, 15) is 28.0 Å². The van der Waals surface area contributed by atoms with Gasteiger partial charge >= 0.3 is 6.18 Å². The van der Waals surface area contributed by atoms with Crippen LogP contribution in [0.15, 0.2) is 42.4 Å². The lowest BCUT2D eigenvalue weighted by molar-refractivity contribution is -0.142. The Kier molecular flexibility index (Phi) is 5.36. The Morgan fingerprint density at radius 2 is 2.09 bits per heavy atom. The number of hydrogen-bond donors (Lipinski definition) is 0. The first-order valence-electron chi connectivity index (χ1n) is 10.1. The summed E-state index contributed by atoms with van der Waals surface area (Å²) in [7, 11) is 0. The Balaban J connectivity index is 1.70. The van der Waals surface area contributed by atoms with Crippen LogP contribution >= 0.6 is 0 Å². The van der Waals surface area contributed by atoms with Crippen LogP contribution in [-0.2, 0) is 15.7 Å². The minimum Gasteiger partial charge on any atom is -0.367 e. The number of ketones is 1. The van der Waals surface area contributed by atoms with Gasteiger partial charge in [0.05, 0.1) is 36.2 Å². The van der Waals surface area contributed by atoms with Crippen molar-refractivity contribution in [2.45, 2.75) is 32.0 Å². The molecule has 1 unspecified atom stereocenters. The summed E-state index contributed by atoms with van der Waals surface area (Å²) in [5.74, 6) is -1.19. The average Bonchev–Trinajstić information content (AvgIpc) is 3.22. The molecule has 33 heavy (non-hydrogen) atoms. The number of nitriles is 1. The van der Waals surface area contributed by atoms with Gasteiger partial charge in [0.1, 0.15) is 11.7 Å². The van der Waals surface area contributed by atoms with Crippen molar-refractivity contribution in [2.75, 3.05) is 19.7 Å². The molecule has 8 nitrogen and oxygen atoms in total. The van der Waals surface area contributed by atoms with Crippen LogP contribution in [0.1, 0.15) is 36.3 Å². The molecular weight excluding hydrogens is 439 g/mol. The number of ether oxygens (including phenoxy) is 1. The van der Waals surface area contributed by atoms with Crippen molar-refractivity contribution in [1.82, 2.24) is 19.7 Å². The topological polar surface area (TPSA) is 101 Å². The van der Waals surface area contributed by atoms with E-state index in [0.717, 1.165) is 10.9 Å². The predicted molar refractivity (Wildman–Crippen MR) is 108 cm³/mol. The van der Waals surface area contributed by atoms with Gasteiger partial charge in [-0.1, -0.05) is 13.8 Å². The third kappa shape index (κ3) is 4.14. The number of allylic oxidation sites excluding steroid dienone is 1. The molecule has 0 N–H and O–H groups in total. The number of alkyl halides is 3. The Labute approximate surface area is 187 Å². The fourth-order valence-corrected chi connectivity index (χ4v) is 4.36. The maximum absolute atomic E-state index is 13.7. The number of pyridine rings is 1. The van der Waals surface area contributed by atoms with E-state index in [-0.39, 0.29) is 43.2 Å². The highest BCUT2D eigenvalue weighted by Gasteiger charge is 2.49. The second-order valence-corrected chi connectivity index (χ2v) is 8.74. The summed E-state index contributed by atoms with van der Waals surface area (Å²) in [6, 6.07) is 4.93. The SMILES string of the molecule is CC1(C)CC2(C=C(C#N)C1=O)CN(C(=O)c1cn(-c3cccnc3)nc1C(F)(F)F)CCO2. The van der Waals surface area contributed by atoms with Crippen molar-refractivity contribution in [3.63, 3.8) is 0 Å². The molecule has 2 aromatic rings. The molecule has 1 aliphatic heterocycles.